The maximum Gasteiger partial charge on any atom is 0.357 e. The van der Waals surface area contributed by atoms with Gasteiger partial charge in [-0.25, -0.2) is 31.2 Å². The van der Waals surface area contributed by atoms with Crippen LogP contribution in [0.1, 0.15) is 23.2 Å². The smallest absolute Gasteiger partial charge is 0.135 e. The molecule has 105 heavy (non-hydrogen) atoms. The number of carbonyl (C=O) groups is 5. The Kier molecular flexibility index (Phi) is 29.4. The van der Waals surface area contributed by atoms with E-state index in [9.17, 15) is 67.5 Å². The Balaban J connectivity index is 0.000000144. The quantitative estimate of drug-likeness (QED) is 0.0253. The van der Waals surface area contributed by atoms with E-state index in [2.05, 4.69) is 237 Å². The minimum atomic E-state index is -6.19. The molecule has 1 radical (unpaired) electrons. The number of aromatic carboxylic acids is 1. The maximum absolute atomic E-state index is 13.0. The summed E-state index contributed by atoms with van der Waals surface area (Å²) in [5.41, 5.74) is 0.331. The second-order valence-electron chi connectivity index (χ2n) is 22.9. The van der Waals surface area contributed by atoms with Crippen molar-refractivity contribution in [2.24, 2.45) is 11.8 Å². The number of rotatable bonds is 10. The number of fused-ring (bicyclic) bond motifs is 8. The van der Waals surface area contributed by atoms with E-state index in [1.165, 1.54) is 52.4 Å². The average molecular weight is 1960 g/mol. The van der Waals surface area contributed by atoms with Crippen LogP contribution in [-0.4, -0.2) is 120 Å². The van der Waals surface area contributed by atoms with Crippen LogP contribution in [0.2, 0.25) is 5.02 Å². The number of ether oxygens (including phenoxy) is 6. The van der Waals surface area contributed by atoms with E-state index in [1.54, 1.807) is 30.3 Å². The first-order chi connectivity index (χ1) is 49.7. The molecule has 0 saturated carbocycles. The molecule has 10 unspecified atom stereocenters. The number of hydrogen-bond acceptors (Lipinski definition) is 18. The molecule has 32 heteroatoms. The summed E-state index contributed by atoms with van der Waals surface area (Å²) < 4.78 is 151. The van der Waals surface area contributed by atoms with Gasteiger partial charge in [-0.05, 0) is 110 Å². The zero-order chi connectivity index (χ0) is 74.5. The van der Waals surface area contributed by atoms with Crippen LogP contribution in [0.5, 0.6) is 0 Å². The molecule has 2 aromatic heterocycles. The van der Waals surface area contributed by atoms with Crippen LogP contribution < -0.4 is 21.2 Å². The molecule has 6 fully saturated rings. The third-order valence-electron chi connectivity index (χ3n) is 16.4. The van der Waals surface area contributed by atoms with Crippen molar-refractivity contribution in [2.45, 2.75) is 72.2 Å². The Morgan fingerprint density at radius 1 is 0.514 bits per heavy atom. The van der Waals surface area contributed by atoms with Gasteiger partial charge in [0.15, 0.2) is 66.1 Å². The summed E-state index contributed by atoms with van der Waals surface area (Å²) in [4.78, 5) is 56.6. The topological polar surface area (TPSA) is 275 Å². The van der Waals surface area contributed by atoms with Crippen molar-refractivity contribution < 1.29 is 149 Å². The zero-order valence-electron chi connectivity index (χ0n) is 53.7. The predicted molar refractivity (Wildman–Crippen MR) is 390 cm³/mol. The summed E-state index contributed by atoms with van der Waals surface area (Å²) in [5, 5.41) is 4.33. The summed E-state index contributed by atoms with van der Waals surface area (Å²) in [6.07, 6.45) is -7.51. The second-order valence-corrected chi connectivity index (χ2v) is 44.0. The van der Waals surface area contributed by atoms with Gasteiger partial charge >= 0.3 is 111 Å². The standard InChI is InChI=1S/C18H13S.C12H10I.C12H8S.2C9H8F2O8S.C7H6O2.C6H5Cl.Cu.2HI.V/c1-2-8-14(9-3-1)19-17-12-6-4-10-15(17)16-11-5-7-13-18(16)19;1-3-7-11(8-4-1)13-12-9-5-2-6-10-12;1-3-7-11-9(5-1)10-6-2-4-8-12(10)13-11;2*10-9(11,20(14,15)16)8(13)19-5-3-1-2-4(17-3)6(5)18-7(2)12;8-7(9)6-4-2-1-3-5-6;7-6-4-2-1-3-5-6;;;;/h1-13H;1-10H;1-8H;2*2-6H,1H2,(H,14,15,16);1-5H,(H,8,9);1-5H;;2*1H;/q2*+1;;;;;;;;;+2/p-4. The van der Waals surface area contributed by atoms with Crippen molar-refractivity contribution in [2.75, 3.05) is 0 Å². The molecule has 6 saturated heterocycles. The van der Waals surface area contributed by atoms with E-state index in [1.807, 2.05) is 41.7 Å². The molecule has 6 aliphatic heterocycles. The first-order valence-electron chi connectivity index (χ1n) is 31.0. The molecule has 10 atom stereocenters. The minimum Gasteiger partial charge on any atom is -0.135 e. The van der Waals surface area contributed by atoms with Gasteiger partial charge in [0.25, 0.3) is 0 Å². The van der Waals surface area contributed by atoms with Gasteiger partial charge in [0.1, 0.15) is 12.2 Å². The normalized spacial score (nSPS) is 20.9. The van der Waals surface area contributed by atoms with Crippen molar-refractivity contribution in [3.8, 4) is 4.90 Å². The van der Waals surface area contributed by atoms with Gasteiger partial charge in [0.2, 0.25) is 0 Å². The summed E-state index contributed by atoms with van der Waals surface area (Å²) in [6, 6.07) is 84.7. The third-order valence-corrected chi connectivity index (χ3v) is 24.4. The van der Waals surface area contributed by atoms with Crippen molar-refractivity contribution in [3.63, 3.8) is 0 Å². The van der Waals surface area contributed by atoms with E-state index in [0.29, 0.717) is 15.0 Å². The van der Waals surface area contributed by atoms with Gasteiger partial charge in [-0.1, -0.05) is 163 Å². The average Bonchev–Trinajstić information content (AvgIpc) is 1.58. The molecule has 9 aromatic carbocycles. The number of alkyl halides is 4. The monoisotopic (exact) mass is 1950 g/mol. The molecule has 0 spiro atoms. The molecule has 6 aliphatic rings. The van der Waals surface area contributed by atoms with Gasteiger partial charge in [0.05, 0.1) is 29.6 Å². The van der Waals surface area contributed by atoms with Crippen molar-refractivity contribution in [3.05, 3.63) is 266 Å². The van der Waals surface area contributed by atoms with E-state index >= 15 is 0 Å². The summed E-state index contributed by atoms with van der Waals surface area (Å²) in [6.45, 7) is 0. The first-order valence-corrected chi connectivity index (χ1v) is 47.4. The van der Waals surface area contributed by atoms with Crippen LogP contribution in [0.15, 0.2) is 249 Å². The summed E-state index contributed by atoms with van der Waals surface area (Å²) >= 11 is 12.2. The molecule has 1 N–H and O–H groups in total. The molecule has 4 bridgehead atoms. The number of thiophene rings is 2. The number of hydrogen-bond donors (Lipinski definition) is 1. The van der Waals surface area contributed by atoms with Gasteiger partial charge in [-0.2, -0.15) is 17.6 Å². The summed E-state index contributed by atoms with van der Waals surface area (Å²) in [5.74, 6) is -8.07. The van der Waals surface area contributed by atoms with Crippen LogP contribution in [-0.2, 0) is 94.4 Å². The van der Waals surface area contributed by atoms with E-state index in [4.69, 9.17) is 35.7 Å². The van der Waals surface area contributed by atoms with Crippen molar-refractivity contribution in [1.82, 2.24) is 0 Å². The van der Waals surface area contributed by atoms with Gasteiger partial charge in [0, 0.05) is 63.5 Å². The fourth-order valence-electron chi connectivity index (χ4n) is 11.8. The van der Waals surface area contributed by atoms with Crippen LogP contribution in [0.3, 0.4) is 0 Å². The molecular weight excluding hydrogens is 1900 g/mol. The molecule has 18 nitrogen and oxygen atoms in total. The van der Waals surface area contributed by atoms with E-state index < -0.39 is 121 Å². The Morgan fingerprint density at radius 2 is 0.838 bits per heavy atom. The second kappa shape index (κ2) is 37.3. The van der Waals surface area contributed by atoms with Crippen molar-refractivity contribution in [1.29, 1.82) is 0 Å². The summed E-state index contributed by atoms with van der Waals surface area (Å²) in [7, 11) is -11.7. The number of halogens is 8. The molecule has 11 aromatic rings. The van der Waals surface area contributed by atoms with E-state index in [-0.39, 0.29) is 61.6 Å². The Hall–Kier alpha value is -6.19. The fraction of sp³-hybridized carbons (Fsp3) is 0.192. The fourth-order valence-corrected chi connectivity index (χ4v) is 18.2. The largest absolute Gasteiger partial charge is 0.357 e. The molecular formula is C73H56ClCuF4I3O18S4V. The van der Waals surface area contributed by atoms with E-state index in [0.717, 1.165) is 5.02 Å². The van der Waals surface area contributed by atoms with Gasteiger partial charge in [-0.3, -0.25) is 9.59 Å². The molecule has 17 rings (SSSR count). The zero-order valence-corrected chi connectivity index (χ0v) is 66.5. The number of benzene rings is 9. The SMILES string of the molecule is Clc1ccccc1.O=C(O)c1ccccc1.O=C1OC2C(OC(=O)C(F)(F)S(=O)(=O)[O-])C3CC1C2O3.O=C1OC2C(OC(=O)C(F)(F)S(=O)(=O)[O-])C3CC1C2O3.[Cu].[I][V][I].c1ccc(-[s+]2c3ccccc3c3ccccc32)cc1.c1ccc([I+]c2ccccc2)cc1.c1ccc2c(c1)sc1ccccc12. The van der Waals surface area contributed by atoms with Gasteiger partial charge in [-0.15, -0.1) is 11.3 Å². The Morgan fingerprint density at radius 3 is 1.18 bits per heavy atom. The molecule has 8 heterocycles. The van der Waals surface area contributed by atoms with Gasteiger partial charge < -0.3 is 42.6 Å². The van der Waals surface area contributed by atoms with Crippen LogP contribution >= 0.6 is 73.4 Å². The van der Waals surface area contributed by atoms with Crippen molar-refractivity contribution >= 4 is 164 Å². The number of carbonyl (C=O) groups excluding carboxylic acids is 4. The minimum absolute atomic E-state index is 0. The van der Waals surface area contributed by atoms with Crippen LogP contribution in [0, 0.1) is 19.0 Å². The maximum atomic E-state index is 13.0. The number of esters is 4. The van der Waals surface area contributed by atoms with Crippen LogP contribution in [0.25, 0.3) is 45.2 Å². The molecule has 552 valence electrons. The Labute approximate surface area is 660 Å². The van der Waals surface area contributed by atoms with Crippen LogP contribution in [0.4, 0.5) is 17.6 Å². The third kappa shape index (κ3) is 20.0. The molecule has 0 aliphatic carbocycles. The predicted octanol–water partition coefficient (Wildman–Crippen LogP) is 12.6. The molecule has 0 amide bonds. The first kappa shape index (κ1) is 82.9. The number of carboxylic acids is 1. The Bertz CT molecular complexity index is 4810. The number of carboxylic acid groups (broad SMARTS) is 1.